The van der Waals surface area contributed by atoms with Gasteiger partial charge in [-0.3, -0.25) is 4.79 Å². The van der Waals surface area contributed by atoms with Gasteiger partial charge in [0.2, 0.25) is 16.0 Å². The lowest BCUT2D eigenvalue weighted by Gasteiger charge is -2.29. The van der Waals surface area contributed by atoms with Crippen molar-refractivity contribution >= 4 is 39.2 Å². The van der Waals surface area contributed by atoms with Gasteiger partial charge in [-0.1, -0.05) is 35.3 Å². The second-order valence-corrected chi connectivity index (χ2v) is 13.8. The number of aryl methyl sites for hydroxylation is 2. The average molecular weight is 659 g/mol. The molecule has 0 bridgehead atoms. The zero-order chi connectivity index (χ0) is 31.9. The molecule has 43 heavy (non-hydrogen) atoms. The quantitative estimate of drug-likeness (QED) is 0.179. The van der Waals surface area contributed by atoms with Crippen LogP contribution in [0, 0.1) is 11.8 Å². The van der Waals surface area contributed by atoms with E-state index in [4.69, 9.17) is 28.3 Å². The van der Waals surface area contributed by atoms with Gasteiger partial charge in [0.25, 0.3) is 0 Å². The minimum Gasteiger partial charge on any atom is -0.481 e. The van der Waals surface area contributed by atoms with Crippen LogP contribution < -0.4 is 5.32 Å². The predicted molar refractivity (Wildman–Crippen MR) is 163 cm³/mol. The number of sulfonamides is 1. The van der Waals surface area contributed by atoms with Crippen LogP contribution in [0.3, 0.4) is 0 Å². The Kier molecular flexibility index (Phi) is 12.0. The average Bonchev–Trinajstić information content (AvgIpc) is 2.90. The Bertz CT molecular complexity index is 1530. The second-order valence-electron chi connectivity index (χ2n) is 11.0. The first-order valence-corrected chi connectivity index (χ1v) is 15.8. The summed E-state index contributed by atoms with van der Waals surface area (Å²) in [7, 11) is -2.97. The summed E-state index contributed by atoms with van der Waals surface area (Å²) in [6.07, 6.45) is 2.32. The summed E-state index contributed by atoms with van der Waals surface area (Å²) in [5.74, 6) is -2.20. The zero-order valence-corrected chi connectivity index (χ0v) is 26.4. The summed E-state index contributed by atoms with van der Waals surface area (Å²) in [6, 6.07) is 9.95. The lowest BCUT2D eigenvalue weighted by molar-refractivity contribution is -0.136. The van der Waals surface area contributed by atoms with Crippen LogP contribution in [0.1, 0.15) is 44.2 Å². The monoisotopic (exact) mass is 657 g/mol. The fourth-order valence-electron chi connectivity index (χ4n) is 4.72. The molecule has 0 aliphatic carbocycles. The molecule has 3 N–H and O–H groups in total. The van der Waals surface area contributed by atoms with E-state index in [0.717, 1.165) is 22.7 Å². The third-order valence-electron chi connectivity index (χ3n) is 7.01. The minimum absolute atomic E-state index is 0.0495. The number of β-amino-alcohol motifs (C(OH)–C–C–N with tert-alkyl or cyclic N) is 1. The van der Waals surface area contributed by atoms with Crippen LogP contribution in [0.5, 0.6) is 0 Å². The van der Waals surface area contributed by atoms with Crippen molar-refractivity contribution in [1.29, 1.82) is 0 Å². The van der Waals surface area contributed by atoms with Gasteiger partial charge >= 0.3 is 5.97 Å². The van der Waals surface area contributed by atoms with E-state index in [1.165, 1.54) is 43.6 Å². The minimum atomic E-state index is -4.26. The summed E-state index contributed by atoms with van der Waals surface area (Å²) >= 11 is 12.8. The smallest absolute Gasteiger partial charge is 0.303 e. The number of hydrogen-bond donors (Lipinski definition) is 3. The van der Waals surface area contributed by atoms with Crippen molar-refractivity contribution in [3.8, 4) is 11.1 Å². The Hall–Kier alpha value is -2.67. The molecule has 0 amide bonds. The second kappa shape index (κ2) is 14.9. The van der Waals surface area contributed by atoms with Crippen LogP contribution in [-0.2, 0) is 27.7 Å². The Morgan fingerprint density at radius 1 is 1.12 bits per heavy atom. The molecule has 3 aromatic rings. The van der Waals surface area contributed by atoms with Gasteiger partial charge in [-0.2, -0.15) is 8.70 Å². The first-order chi connectivity index (χ1) is 20.1. The Labute approximate surface area is 260 Å². The largest absolute Gasteiger partial charge is 0.481 e. The SMILES string of the molecule is CN(CC(O)CNC(C)(C)CCCc1ccnc(F)c1)S(=O)(=O)c1c(Cl)cc(-c2c(F)cccc2CCC(=O)O)cc1Cl. The van der Waals surface area contributed by atoms with Crippen LogP contribution in [0.15, 0.2) is 53.6 Å². The highest BCUT2D eigenvalue weighted by Crippen LogP contribution is 2.38. The van der Waals surface area contributed by atoms with Gasteiger partial charge in [-0.25, -0.2) is 17.8 Å². The van der Waals surface area contributed by atoms with Crippen molar-refractivity contribution in [3.63, 3.8) is 0 Å². The molecule has 8 nitrogen and oxygen atoms in total. The summed E-state index contributed by atoms with van der Waals surface area (Å²) in [5.41, 5.74) is 1.15. The van der Waals surface area contributed by atoms with Crippen molar-refractivity contribution in [1.82, 2.24) is 14.6 Å². The molecule has 0 spiro atoms. The number of halogens is 4. The molecular weight excluding hydrogens is 623 g/mol. The maximum absolute atomic E-state index is 14.8. The molecule has 1 atom stereocenters. The van der Waals surface area contributed by atoms with Gasteiger partial charge in [0.05, 0.1) is 16.1 Å². The number of hydrogen-bond acceptors (Lipinski definition) is 6. The van der Waals surface area contributed by atoms with Crippen LogP contribution in [0.25, 0.3) is 11.1 Å². The number of aliphatic hydroxyl groups is 1. The molecule has 1 unspecified atom stereocenters. The summed E-state index contributed by atoms with van der Waals surface area (Å²) < 4.78 is 55.9. The van der Waals surface area contributed by atoms with E-state index < -0.39 is 38.8 Å². The van der Waals surface area contributed by atoms with Crippen molar-refractivity contribution in [2.75, 3.05) is 20.1 Å². The molecule has 0 aliphatic heterocycles. The maximum Gasteiger partial charge on any atom is 0.303 e. The normalized spacial score (nSPS) is 13.0. The Morgan fingerprint density at radius 3 is 2.42 bits per heavy atom. The molecule has 2 aromatic carbocycles. The van der Waals surface area contributed by atoms with E-state index in [1.807, 2.05) is 13.8 Å². The van der Waals surface area contributed by atoms with Gasteiger partial charge < -0.3 is 15.5 Å². The first-order valence-electron chi connectivity index (χ1n) is 13.6. The highest BCUT2D eigenvalue weighted by atomic mass is 35.5. The van der Waals surface area contributed by atoms with Gasteiger partial charge in [0, 0.05) is 43.9 Å². The molecule has 1 aromatic heterocycles. The third-order valence-corrected chi connectivity index (χ3v) is 9.75. The highest BCUT2D eigenvalue weighted by Gasteiger charge is 2.30. The molecule has 1 heterocycles. The van der Waals surface area contributed by atoms with Crippen molar-refractivity contribution in [2.45, 2.75) is 62.5 Å². The number of likely N-dealkylation sites (N-methyl/N-ethyl adjacent to an activating group) is 1. The number of nitrogens with one attached hydrogen (secondary N) is 1. The number of aliphatic hydroxyl groups excluding tert-OH is 1. The number of pyridine rings is 1. The van der Waals surface area contributed by atoms with Crippen molar-refractivity contribution in [3.05, 3.63) is 81.6 Å². The van der Waals surface area contributed by atoms with Crippen LogP contribution in [0.4, 0.5) is 8.78 Å². The maximum atomic E-state index is 14.8. The van der Waals surface area contributed by atoms with Crippen LogP contribution >= 0.6 is 23.2 Å². The molecule has 0 fully saturated rings. The number of aliphatic carboxylic acids is 1. The summed E-state index contributed by atoms with van der Waals surface area (Å²) in [5, 5.41) is 22.4. The number of rotatable bonds is 15. The van der Waals surface area contributed by atoms with E-state index in [2.05, 4.69) is 10.3 Å². The fraction of sp³-hybridized carbons (Fsp3) is 0.400. The molecule has 234 valence electrons. The third kappa shape index (κ3) is 9.66. The topological polar surface area (TPSA) is 120 Å². The zero-order valence-electron chi connectivity index (χ0n) is 24.1. The summed E-state index contributed by atoms with van der Waals surface area (Å²) in [4.78, 5) is 14.2. The number of nitrogens with zero attached hydrogens (tertiary/aromatic N) is 2. The van der Waals surface area contributed by atoms with Crippen molar-refractivity contribution in [2.24, 2.45) is 0 Å². The lowest BCUT2D eigenvalue weighted by atomic mass is 9.95. The molecular formula is C30H35Cl2F2N3O5S. The number of aromatic nitrogens is 1. The van der Waals surface area contributed by atoms with E-state index in [1.54, 1.807) is 12.1 Å². The molecule has 0 saturated heterocycles. The lowest BCUT2D eigenvalue weighted by Crippen LogP contribution is -2.46. The van der Waals surface area contributed by atoms with Gasteiger partial charge in [0.15, 0.2) is 0 Å². The standard InChI is InChI=1S/C30H35Cl2F2N3O5S/c1-30(2,12-5-6-19-11-13-35-26(34)14-19)36-17-22(38)18-37(3)43(41,42)29-23(31)15-21(16-24(29)32)28-20(9-10-27(39)40)7-4-8-25(28)33/h4,7-8,11,13-16,22,36,38H,5-6,9-10,12,17-18H2,1-3H3,(H,39,40). The van der Waals surface area contributed by atoms with Gasteiger partial charge in [-0.15, -0.1) is 0 Å². The fourth-order valence-corrected chi connectivity index (χ4v) is 7.09. The van der Waals surface area contributed by atoms with Crippen molar-refractivity contribution < 1.29 is 32.2 Å². The predicted octanol–water partition coefficient (Wildman–Crippen LogP) is 5.72. The Morgan fingerprint density at radius 2 is 1.79 bits per heavy atom. The Balaban J connectivity index is 1.67. The molecule has 0 saturated carbocycles. The highest BCUT2D eigenvalue weighted by molar-refractivity contribution is 7.89. The number of carboxylic acids is 1. The van der Waals surface area contributed by atoms with Gasteiger partial charge in [0.1, 0.15) is 10.7 Å². The van der Waals surface area contributed by atoms with Gasteiger partial charge in [-0.05, 0) is 86.6 Å². The van der Waals surface area contributed by atoms with E-state index >= 15 is 0 Å². The summed E-state index contributed by atoms with van der Waals surface area (Å²) in [6.45, 7) is 3.75. The number of carboxylic acid groups (broad SMARTS) is 1. The number of carbonyl (C=O) groups is 1. The molecule has 0 aliphatic rings. The van der Waals surface area contributed by atoms with E-state index in [0.29, 0.717) is 12.0 Å². The molecule has 3 rings (SSSR count). The molecule has 13 heteroatoms. The van der Waals surface area contributed by atoms with Crippen LogP contribution in [0.2, 0.25) is 10.0 Å². The van der Waals surface area contributed by atoms with Crippen LogP contribution in [-0.4, -0.2) is 65.7 Å². The molecule has 0 radical (unpaired) electrons. The van der Waals surface area contributed by atoms with E-state index in [9.17, 15) is 27.1 Å². The van der Waals surface area contributed by atoms with E-state index in [-0.39, 0.29) is 52.6 Å². The first kappa shape index (κ1) is 34.8. The number of benzene rings is 2.